The van der Waals surface area contributed by atoms with Gasteiger partial charge < -0.3 is 9.13 Å². The summed E-state index contributed by atoms with van der Waals surface area (Å²) < 4.78 is 4.80. The number of hydrogen-bond acceptors (Lipinski definition) is 0. The summed E-state index contributed by atoms with van der Waals surface area (Å²) in [7, 11) is 0. The molecule has 0 radical (unpaired) electrons. The first-order chi connectivity index (χ1) is 24.8. The Balaban J connectivity index is 1.16. The Bertz CT molecular complexity index is 2800. The minimum atomic E-state index is 1.12. The predicted octanol–water partition coefficient (Wildman–Crippen LogP) is 13.0. The highest BCUT2D eigenvalue weighted by molar-refractivity contribution is 6.19. The summed E-state index contributed by atoms with van der Waals surface area (Å²) >= 11 is 0. The number of nitrogens with zero attached hydrogens (tertiary/aromatic N) is 2. The molecule has 0 spiro atoms. The Kier molecular flexibility index (Phi) is 6.53. The lowest BCUT2D eigenvalue weighted by Crippen LogP contribution is -1.98. The average molecular weight is 637 g/mol. The maximum absolute atomic E-state index is 2.43. The molecule has 2 aromatic heterocycles. The molecular formula is C48H32N2. The molecule has 0 atom stereocenters. The fourth-order valence-electron chi connectivity index (χ4n) is 7.91. The van der Waals surface area contributed by atoms with Gasteiger partial charge >= 0.3 is 0 Å². The van der Waals surface area contributed by atoms with Gasteiger partial charge in [-0.1, -0.05) is 146 Å². The van der Waals surface area contributed by atoms with E-state index in [-0.39, 0.29) is 0 Å². The van der Waals surface area contributed by atoms with Crippen LogP contribution in [0.5, 0.6) is 0 Å². The van der Waals surface area contributed by atoms with Crippen LogP contribution in [-0.2, 0) is 0 Å². The molecular weight excluding hydrogens is 605 g/mol. The Morgan fingerprint density at radius 1 is 0.200 bits per heavy atom. The summed E-state index contributed by atoms with van der Waals surface area (Å²) in [4.78, 5) is 0. The van der Waals surface area contributed by atoms with E-state index in [9.17, 15) is 0 Å². The van der Waals surface area contributed by atoms with Gasteiger partial charge in [-0.15, -0.1) is 0 Å². The van der Waals surface area contributed by atoms with Gasteiger partial charge in [-0.2, -0.15) is 0 Å². The summed E-state index contributed by atoms with van der Waals surface area (Å²) in [5.41, 5.74) is 9.41. The standard InChI is InChI=1S/C48H32N2/c1-3-15-39-37(13-1)38-14-2-4-16-40(38)42-18-6-10-22-46(42)49(45-21-9-5-17-41(39)45)35-29-25-33(26-30-35)34-27-31-36(32-28-34)50-47-23-11-7-19-43(47)44-20-8-12-24-48(44)50/h1-32H. The highest BCUT2D eigenvalue weighted by Crippen LogP contribution is 2.35. The van der Waals surface area contributed by atoms with Crippen LogP contribution in [0.15, 0.2) is 194 Å². The molecule has 0 fully saturated rings. The van der Waals surface area contributed by atoms with Gasteiger partial charge in [-0.05, 0) is 81.2 Å². The van der Waals surface area contributed by atoms with Gasteiger partial charge in [0.15, 0.2) is 0 Å². The minimum absolute atomic E-state index is 1.12. The fraction of sp³-hybridized carbons (Fsp3) is 0. The van der Waals surface area contributed by atoms with Crippen LogP contribution in [0.25, 0.3) is 87.7 Å². The smallest absolute Gasteiger partial charge is 0.0541 e. The Hall–Kier alpha value is -6.64. The normalized spacial score (nSPS) is 11.6. The van der Waals surface area contributed by atoms with E-state index in [4.69, 9.17) is 0 Å². The predicted molar refractivity (Wildman–Crippen MR) is 213 cm³/mol. The number of aromatic nitrogens is 2. The lowest BCUT2D eigenvalue weighted by molar-refractivity contribution is 1.17. The van der Waals surface area contributed by atoms with E-state index in [1.165, 1.54) is 65.3 Å². The lowest BCUT2D eigenvalue weighted by atomic mass is 10.0. The van der Waals surface area contributed by atoms with E-state index < -0.39 is 0 Å². The van der Waals surface area contributed by atoms with Gasteiger partial charge in [0.2, 0.25) is 0 Å². The van der Waals surface area contributed by atoms with Crippen molar-refractivity contribution in [1.82, 2.24) is 9.13 Å². The summed E-state index contributed by atoms with van der Waals surface area (Å²) in [6, 6.07) is 70.5. The first kappa shape index (κ1) is 28.4. The molecule has 0 bridgehead atoms. The molecule has 0 amide bonds. The Morgan fingerprint density at radius 2 is 0.420 bits per heavy atom. The Labute approximate surface area is 290 Å². The first-order valence-corrected chi connectivity index (χ1v) is 17.2. The van der Waals surface area contributed by atoms with Gasteiger partial charge in [-0.3, -0.25) is 0 Å². The molecule has 0 saturated heterocycles. The second-order valence-corrected chi connectivity index (χ2v) is 12.9. The zero-order chi connectivity index (χ0) is 33.0. The summed E-state index contributed by atoms with van der Waals surface area (Å²) in [6.07, 6.45) is 0. The number of benzene rings is 8. The molecule has 234 valence electrons. The molecule has 0 aliphatic rings. The zero-order valence-corrected chi connectivity index (χ0v) is 27.4. The van der Waals surface area contributed by atoms with Crippen molar-refractivity contribution in [2.75, 3.05) is 0 Å². The van der Waals surface area contributed by atoms with Crippen molar-refractivity contribution in [2.24, 2.45) is 0 Å². The van der Waals surface area contributed by atoms with Crippen molar-refractivity contribution in [3.05, 3.63) is 194 Å². The summed E-state index contributed by atoms with van der Waals surface area (Å²) in [6.45, 7) is 0. The molecule has 2 heteroatoms. The number of fused-ring (bicyclic) bond motifs is 10. The number of hydrogen-bond donors (Lipinski definition) is 0. The highest BCUT2D eigenvalue weighted by atomic mass is 15.0. The van der Waals surface area contributed by atoms with Crippen molar-refractivity contribution in [3.63, 3.8) is 0 Å². The van der Waals surface area contributed by atoms with Crippen LogP contribution in [0, 0.1) is 0 Å². The van der Waals surface area contributed by atoms with Crippen LogP contribution in [0.4, 0.5) is 0 Å². The van der Waals surface area contributed by atoms with Gasteiger partial charge in [0, 0.05) is 32.9 Å². The third-order valence-electron chi connectivity index (χ3n) is 10.2. The molecule has 0 saturated carbocycles. The van der Waals surface area contributed by atoms with Gasteiger partial charge in [-0.25, -0.2) is 0 Å². The molecule has 8 aromatic carbocycles. The van der Waals surface area contributed by atoms with Crippen LogP contribution >= 0.6 is 0 Å². The van der Waals surface area contributed by atoms with Crippen molar-refractivity contribution in [1.29, 1.82) is 0 Å². The molecule has 10 rings (SSSR count). The summed E-state index contributed by atoms with van der Waals surface area (Å²) in [5.74, 6) is 0. The van der Waals surface area contributed by atoms with E-state index in [0.29, 0.717) is 0 Å². The third kappa shape index (κ3) is 4.43. The molecule has 0 N–H and O–H groups in total. The molecule has 0 unspecified atom stereocenters. The van der Waals surface area contributed by atoms with Crippen LogP contribution < -0.4 is 0 Å². The molecule has 0 aliphatic carbocycles. The van der Waals surface area contributed by atoms with Crippen molar-refractivity contribution >= 4 is 65.2 Å². The van der Waals surface area contributed by atoms with Crippen molar-refractivity contribution in [2.45, 2.75) is 0 Å². The van der Waals surface area contributed by atoms with E-state index in [1.54, 1.807) is 0 Å². The maximum atomic E-state index is 2.43. The van der Waals surface area contributed by atoms with E-state index in [1.807, 2.05) is 0 Å². The van der Waals surface area contributed by atoms with Gasteiger partial charge in [0.1, 0.15) is 0 Å². The average Bonchev–Trinajstić information content (AvgIpc) is 3.54. The number of rotatable bonds is 3. The first-order valence-electron chi connectivity index (χ1n) is 17.2. The van der Waals surface area contributed by atoms with Crippen LogP contribution in [0.2, 0.25) is 0 Å². The van der Waals surface area contributed by atoms with E-state index in [0.717, 1.165) is 22.4 Å². The quantitative estimate of drug-likeness (QED) is 0.183. The minimum Gasteiger partial charge on any atom is -0.309 e. The van der Waals surface area contributed by atoms with Gasteiger partial charge in [0.05, 0.1) is 22.1 Å². The van der Waals surface area contributed by atoms with Crippen LogP contribution in [0.3, 0.4) is 0 Å². The number of para-hydroxylation sites is 4. The highest BCUT2D eigenvalue weighted by Gasteiger charge is 2.13. The fourth-order valence-corrected chi connectivity index (χ4v) is 7.91. The molecule has 0 aliphatic heterocycles. The van der Waals surface area contributed by atoms with E-state index in [2.05, 4.69) is 203 Å². The second-order valence-electron chi connectivity index (χ2n) is 12.9. The second kappa shape index (κ2) is 11.5. The lowest BCUT2D eigenvalue weighted by Gasteiger charge is -2.14. The monoisotopic (exact) mass is 636 g/mol. The molecule has 2 heterocycles. The Morgan fingerprint density at radius 3 is 0.720 bits per heavy atom. The topological polar surface area (TPSA) is 9.86 Å². The SMILES string of the molecule is c1ccc2c(c1)c1ccccc1c1ccccc1n(-c1ccc(-c3ccc(-n4c5ccccc5c5ccccc54)cc3)cc1)c1ccccc21. The molecule has 50 heavy (non-hydrogen) atoms. The molecule has 2 nitrogen and oxygen atoms in total. The molecule has 10 aromatic rings. The summed E-state index contributed by atoms with van der Waals surface area (Å²) in [5, 5.41) is 9.91. The van der Waals surface area contributed by atoms with Crippen LogP contribution in [0.1, 0.15) is 0 Å². The maximum Gasteiger partial charge on any atom is 0.0541 e. The van der Waals surface area contributed by atoms with Gasteiger partial charge in [0.25, 0.3) is 0 Å². The van der Waals surface area contributed by atoms with Crippen molar-refractivity contribution in [3.8, 4) is 22.5 Å². The van der Waals surface area contributed by atoms with E-state index >= 15 is 0 Å². The zero-order valence-electron chi connectivity index (χ0n) is 27.4. The van der Waals surface area contributed by atoms with Crippen LogP contribution in [-0.4, -0.2) is 9.13 Å². The largest absolute Gasteiger partial charge is 0.309 e. The van der Waals surface area contributed by atoms with Crippen molar-refractivity contribution < 1.29 is 0 Å². The third-order valence-corrected chi connectivity index (χ3v) is 10.2.